The highest BCUT2D eigenvalue weighted by Crippen LogP contribution is 2.29. The maximum Gasteiger partial charge on any atom is 0.194 e. The number of ether oxygens (including phenoxy) is 1. The van der Waals surface area contributed by atoms with Crippen molar-refractivity contribution in [1.82, 2.24) is 10.2 Å². The molecule has 0 aromatic carbocycles. The lowest BCUT2D eigenvalue weighted by atomic mass is 9.93. The molecule has 0 bridgehead atoms. The average Bonchev–Trinajstić information content (AvgIpc) is 3.17. The standard InChI is InChI=1S/C16H31N3O2/c1-4-17-15(19-8-7-16(2,3)12-19)18-9-14(20)11-21-10-13-5-6-13/h13-14,20H,4-12H2,1-3H3,(H,17,18). The lowest BCUT2D eigenvalue weighted by molar-refractivity contribution is 0.0367. The Labute approximate surface area is 128 Å². The Kier molecular flexibility index (Phi) is 5.88. The van der Waals surface area contributed by atoms with E-state index in [0.717, 1.165) is 38.1 Å². The maximum absolute atomic E-state index is 9.97. The van der Waals surface area contributed by atoms with E-state index in [9.17, 15) is 5.11 Å². The first kappa shape index (κ1) is 16.6. The van der Waals surface area contributed by atoms with Crippen molar-refractivity contribution in [2.45, 2.75) is 46.1 Å². The molecule has 1 atom stereocenters. The van der Waals surface area contributed by atoms with Crippen LogP contribution in [-0.2, 0) is 4.74 Å². The van der Waals surface area contributed by atoms with Gasteiger partial charge in [0.2, 0.25) is 0 Å². The van der Waals surface area contributed by atoms with Gasteiger partial charge >= 0.3 is 0 Å². The number of aliphatic hydroxyl groups is 1. The van der Waals surface area contributed by atoms with Crippen molar-refractivity contribution in [3.8, 4) is 0 Å². The van der Waals surface area contributed by atoms with E-state index in [1.165, 1.54) is 19.3 Å². The Morgan fingerprint density at radius 2 is 2.24 bits per heavy atom. The molecule has 2 N–H and O–H groups in total. The minimum Gasteiger partial charge on any atom is -0.389 e. The number of rotatable bonds is 7. The van der Waals surface area contributed by atoms with Gasteiger partial charge in [0.15, 0.2) is 5.96 Å². The number of likely N-dealkylation sites (tertiary alicyclic amines) is 1. The number of nitrogens with zero attached hydrogens (tertiary/aromatic N) is 2. The smallest absolute Gasteiger partial charge is 0.194 e. The number of aliphatic imine (C=N–C) groups is 1. The van der Waals surface area contributed by atoms with Crippen LogP contribution in [0.5, 0.6) is 0 Å². The number of hydrogen-bond donors (Lipinski definition) is 2. The van der Waals surface area contributed by atoms with Gasteiger partial charge in [-0.1, -0.05) is 13.8 Å². The molecule has 1 aliphatic heterocycles. The summed E-state index contributed by atoms with van der Waals surface area (Å²) in [5.41, 5.74) is 0.349. The predicted octanol–water partition coefficient (Wildman–Crippen LogP) is 1.47. The number of aliphatic hydroxyl groups excluding tert-OH is 1. The van der Waals surface area contributed by atoms with Gasteiger partial charge in [-0.3, -0.25) is 4.99 Å². The summed E-state index contributed by atoms with van der Waals surface area (Å²) >= 11 is 0. The van der Waals surface area contributed by atoms with E-state index in [1.54, 1.807) is 0 Å². The summed E-state index contributed by atoms with van der Waals surface area (Å²) in [6, 6.07) is 0. The molecule has 0 aromatic rings. The quantitative estimate of drug-likeness (QED) is 0.552. The Hall–Kier alpha value is -0.810. The number of nitrogens with one attached hydrogen (secondary N) is 1. The summed E-state index contributed by atoms with van der Waals surface area (Å²) in [4.78, 5) is 6.87. The Morgan fingerprint density at radius 1 is 1.48 bits per heavy atom. The Bertz CT molecular complexity index is 353. The van der Waals surface area contributed by atoms with E-state index in [-0.39, 0.29) is 0 Å². The summed E-state index contributed by atoms with van der Waals surface area (Å²) in [5.74, 6) is 1.66. The van der Waals surface area contributed by atoms with Gasteiger partial charge in [0, 0.05) is 26.2 Å². The lowest BCUT2D eigenvalue weighted by Crippen LogP contribution is -2.41. The SMILES string of the molecule is CCNC(=NCC(O)COCC1CC1)N1CCC(C)(C)C1. The first-order valence-corrected chi connectivity index (χ1v) is 8.29. The first-order valence-electron chi connectivity index (χ1n) is 8.29. The summed E-state index contributed by atoms with van der Waals surface area (Å²) in [6.45, 7) is 11.2. The van der Waals surface area contributed by atoms with Crippen LogP contribution in [0.2, 0.25) is 0 Å². The number of guanidine groups is 1. The van der Waals surface area contributed by atoms with Gasteiger partial charge in [0.05, 0.1) is 19.3 Å². The zero-order valence-corrected chi connectivity index (χ0v) is 13.8. The third kappa shape index (κ3) is 5.83. The summed E-state index contributed by atoms with van der Waals surface area (Å²) in [5, 5.41) is 13.3. The fraction of sp³-hybridized carbons (Fsp3) is 0.938. The highest BCUT2D eigenvalue weighted by atomic mass is 16.5. The molecular weight excluding hydrogens is 266 g/mol. The molecule has 1 heterocycles. The molecule has 2 rings (SSSR count). The molecule has 21 heavy (non-hydrogen) atoms. The molecule has 1 unspecified atom stereocenters. The van der Waals surface area contributed by atoms with Gasteiger partial charge in [-0.15, -0.1) is 0 Å². The maximum atomic E-state index is 9.97. The van der Waals surface area contributed by atoms with Crippen molar-refractivity contribution in [3.05, 3.63) is 0 Å². The molecule has 122 valence electrons. The monoisotopic (exact) mass is 297 g/mol. The fourth-order valence-electron chi connectivity index (χ4n) is 2.62. The third-order valence-electron chi connectivity index (χ3n) is 4.12. The second kappa shape index (κ2) is 7.45. The summed E-state index contributed by atoms with van der Waals surface area (Å²) < 4.78 is 5.52. The first-order chi connectivity index (χ1) is 10.00. The molecule has 5 heteroatoms. The van der Waals surface area contributed by atoms with Crippen LogP contribution in [0.15, 0.2) is 4.99 Å². The van der Waals surface area contributed by atoms with Gasteiger partial charge in [-0.2, -0.15) is 0 Å². The van der Waals surface area contributed by atoms with E-state index in [2.05, 4.69) is 36.0 Å². The van der Waals surface area contributed by atoms with Gasteiger partial charge < -0.3 is 20.1 Å². The van der Waals surface area contributed by atoms with Crippen molar-refractivity contribution >= 4 is 5.96 Å². The fourth-order valence-corrected chi connectivity index (χ4v) is 2.62. The molecule has 1 saturated heterocycles. The highest BCUT2D eigenvalue weighted by Gasteiger charge is 2.30. The van der Waals surface area contributed by atoms with E-state index < -0.39 is 6.10 Å². The molecule has 2 aliphatic rings. The molecule has 1 saturated carbocycles. The zero-order chi connectivity index (χ0) is 15.3. The predicted molar refractivity (Wildman–Crippen MR) is 85.5 cm³/mol. The van der Waals surface area contributed by atoms with Crippen molar-refractivity contribution in [2.75, 3.05) is 39.4 Å². The van der Waals surface area contributed by atoms with Crippen LogP contribution in [0.1, 0.15) is 40.0 Å². The largest absolute Gasteiger partial charge is 0.389 e. The highest BCUT2D eigenvalue weighted by molar-refractivity contribution is 5.80. The van der Waals surface area contributed by atoms with Crippen LogP contribution in [0.3, 0.4) is 0 Å². The third-order valence-corrected chi connectivity index (χ3v) is 4.12. The normalized spacial score (nSPS) is 23.4. The number of hydrogen-bond acceptors (Lipinski definition) is 3. The Morgan fingerprint density at radius 3 is 2.81 bits per heavy atom. The van der Waals surface area contributed by atoms with Crippen LogP contribution in [0, 0.1) is 11.3 Å². The van der Waals surface area contributed by atoms with Gasteiger partial charge in [-0.05, 0) is 37.5 Å². The second-order valence-electron chi connectivity index (χ2n) is 7.17. The lowest BCUT2D eigenvalue weighted by Gasteiger charge is -2.24. The molecule has 2 fully saturated rings. The van der Waals surface area contributed by atoms with Crippen molar-refractivity contribution in [2.24, 2.45) is 16.3 Å². The van der Waals surface area contributed by atoms with Crippen LogP contribution >= 0.6 is 0 Å². The summed E-state index contributed by atoms with van der Waals surface area (Å²) in [7, 11) is 0. The topological polar surface area (TPSA) is 57.1 Å². The zero-order valence-electron chi connectivity index (χ0n) is 13.8. The molecule has 5 nitrogen and oxygen atoms in total. The minimum atomic E-state index is -0.506. The Balaban J connectivity index is 1.76. The summed E-state index contributed by atoms with van der Waals surface area (Å²) in [6.07, 6.45) is 3.24. The van der Waals surface area contributed by atoms with Crippen LogP contribution in [0.25, 0.3) is 0 Å². The van der Waals surface area contributed by atoms with Crippen LogP contribution in [0.4, 0.5) is 0 Å². The molecule has 0 aromatic heterocycles. The van der Waals surface area contributed by atoms with Crippen molar-refractivity contribution in [3.63, 3.8) is 0 Å². The van der Waals surface area contributed by atoms with Crippen LogP contribution in [-0.4, -0.2) is 61.5 Å². The van der Waals surface area contributed by atoms with Crippen molar-refractivity contribution < 1.29 is 9.84 Å². The molecule has 0 spiro atoms. The second-order valence-corrected chi connectivity index (χ2v) is 7.17. The molecule has 1 aliphatic carbocycles. The van der Waals surface area contributed by atoms with E-state index >= 15 is 0 Å². The van der Waals surface area contributed by atoms with Crippen LogP contribution < -0.4 is 5.32 Å². The minimum absolute atomic E-state index is 0.349. The average molecular weight is 297 g/mol. The molecule has 0 amide bonds. The van der Waals surface area contributed by atoms with Gasteiger partial charge in [0.1, 0.15) is 0 Å². The van der Waals surface area contributed by atoms with E-state index in [0.29, 0.717) is 18.6 Å². The van der Waals surface area contributed by atoms with Gasteiger partial charge in [-0.25, -0.2) is 0 Å². The van der Waals surface area contributed by atoms with Gasteiger partial charge in [0.25, 0.3) is 0 Å². The molecular formula is C16H31N3O2. The van der Waals surface area contributed by atoms with E-state index in [1.807, 2.05) is 0 Å². The van der Waals surface area contributed by atoms with Crippen molar-refractivity contribution in [1.29, 1.82) is 0 Å². The molecule has 0 radical (unpaired) electrons. The van der Waals surface area contributed by atoms with E-state index in [4.69, 9.17) is 4.74 Å².